The molecule has 1 aliphatic carbocycles. The molecule has 1 aromatic rings. The molecule has 2 rings (SSSR count). The van der Waals surface area contributed by atoms with E-state index < -0.39 is 0 Å². The molecule has 4 N–H and O–H groups in total. The Morgan fingerprint density at radius 3 is 2.85 bits per heavy atom. The van der Waals surface area contributed by atoms with E-state index in [0.29, 0.717) is 11.4 Å². The van der Waals surface area contributed by atoms with Gasteiger partial charge in [-0.2, -0.15) is 0 Å². The predicted octanol–water partition coefficient (Wildman–Crippen LogP) is 0.872. The third kappa shape index (κ3) is 2.70. The van der Waals surface area contributed by atoms with Crippen molar-refractivity contribution in [2.45, 2.75) is 38.6 Å². The van der Waals surface area contributed by atoms with E-state index in [9.17, 15) is 5.11 Å². The molecule has 1 unspecified atom stereocenters. The van der Waals surface area contributed by atoms with Crippen molar-refractivity contribution in [1.82, 2.24) is 4.98 Å². The Bertz CT molecular complexity index is 516. The summed E-state index contributed by atoms with van der Waals surface area (Å²) in [6, 6.07) is 1.88. The van der Waals surface area contributed by atoms with Crippen LogP contribution in [0.15, 0.2) is 11.2 Å². The standard InChI is InChI=1S/C14H22N4O2/c1-9(8-19)18(2)14-11(13(15)17-20)7-10-5-3-4-6-12(10)16-14/h7,9,19-20H,3-6,8H2,1-2H3,(H2,15,17). The first-order valence-electron chi connectivity index (χ1n) is 6.92. The maximum absolute atomic E-state index is 9.31. The zero-order valence-electron chi connectivity index (χ0n) is 12.0. The van der Waals surface area contributed by atoms with Crippen LogP contribution in [-0.2, 0) is 12.8 Å². The highest BCUT2D eigenvalue weighted by atomic mass is 16.4. The second kappa shape index (κ2) is 6.09. The number of aromatic nitrogens is 1. The average molecular weight is 278 g/mol. The van der Waals surface area contributed by atoms with Crippen LogP contribution in [0, 0.1) is 0 Å². The zero-order chi connectivity index (χ0) is 14.7. The van der Waals surface area contributed by atoms with Gasteiger partial charge in [-0.3, -0.25) is 0 Å². The molecule has 1 heterocycles. The summed E-state index contributed by atoms with van der Waals surface area (Å²) in [5, 5.41) is 21.4. The molecule has 0 aromatic carbocycles. The lowest BCUT2D eigenvalue weighted by Gasteiger charge is -2.28. The Morgan fingerprint density at radius 1 is 1.50 bits per heavy atom. The minimum atomic E-state index is -0.0885. The van der Waals surface area contributed by atoms with Crippen molar-refractivity contribution in [2.75, 3.05) is 18.6 Å². The number of likely N-dealkylation sites (N-methyl/N-ethyl adjacent to an activating group) is 1. The minimum Gasteiger partial charge on any atom is -0.409 e. The minimum absolute atomic E-state index is 0.0187. The Hall–Kier alpha value is -1.82. The number of nitrogens with two attached hydrogens (primary N) is 1. The van der Waals surface area contributed by atoms with Crippen LogP contribution in [0.5, 0.6) is 0 Å². The second-order valence-corrected chi connectivity index (χ2v) is 5.30. The van der Waals surface area contributed by atoms with Gasteiger partial charge in [-0.25, -0.2) is 4.98 Å². The van der Waals surface area contributed by atoms with Gasteiger partial charge in [-0.05, 0) is 44.2 Å². The van der Waals surface area contributed by atoms with E-state index in [1.54, 1.807) is 0 Å². The molecule has 1 aliphatic rings. The second-order valence-electron chi connectivity index (χ2n) is 5.30. The molecule has 0 aliphatic heterocycles. The number of rotatable bonds is 4. The Balaban J connectivity index is 2.52. The molecule has 0 radical (unpaired) electrons. The van der Waals surface area contributed by atoms with Crippen molar-refractivity contribution in [2.24, 2.45) is 10.9 Å². The lowest BCUT2D eigenvalue weighted by atomic mass is 9.94. The molecule has 110 valence electrons. The van der Waals surface area contributed by atoms with E-state index in [2.05, 4.69) is 5.16 Å². The number of hydrogen-bond acceptors (Lipinski definition) is 5. The summed E-state index contributed by atoms with van der Waals surface area (Å²) < 4.78 is 0. The van der Waals surface area contributed by atoms with Crippen LogP contribution in [-0.4, -0.2) is 40.8 Å². The quantitative estimate of drug-likeness (QED) is 0.329. The molecule has 6 nitrogen and oxygen atoms in total. The third-order valence-corrected chi connectivity index (χ3v) is 3.92. The normalized spacial score (nSPS) is 16.6. The first-order chi connectivity index (χ1) is 9.58. The van der Waals surface area contributed by atoms with Gasteiger partial charge in [0, 0.05) is 12.7 Å². The summed E-state index contributed by atoms with van der Waals surface area (Å²) in [6.07, 6.45) is 4.22. The number of aliphatic hydroxyl groups excluding tert-OH is 1. The molecule has 20 heavy (non-hydrogen) atoms. The van der Waals surface area contributed by atoms with Crippen molar-refractivity contribution in [1.29, 1.82) is 0 Å². The molecule has 0 fully saturated rings. The number of aliphatic hydroxyl groups is 1. The van der Waals surface area contributed by atoms with E-state index in [0.717, 1.165) is 31.4 Å². The van der Waals surface area contributed by atoms with Gasteiger partial charge in [-0.15, -0.1) is 0 Å². The van der Waals surface area contributed by atoms with E-state index in [-0.39, 0.29) is 18.5 Å². The first kappa shape index (κ1) is 14.6. The van der Waals surface area contributed by atoms with Crippen molar-refractivity contribution >= 4 is 11.7 Å². The molecular weight excluding hydrogens is 256 g/mol. The summed E-state index contributed by atoms with van der Waals surface area (Å²) >= 11 is 0. The van der Waals surface area contributed by atoms with Crippen molar-refractivity contribution in [3.05, 3.63) is 22.9 Å². The van der Waals surface area contributed by atoms with Gasteiger partial charge in [0.05, 0.1) is 18.2 Å². The number of amidine groups is 1. The summed E-state index contributed by atoms with van der Waals surface area (Å²) in [5.74, 6) is 0.709. The first-order valence-corrected chi connectivity index (χ1v) is 6.92. The van der Waals surface area contributed by atoms with E-state index >= 15 is 0 Å². The summed E-state index contributed by atoms with van der Waals surface area (Å²) in [5.41, 5.74) is 8.65. The highest BCUT2D eigenvalue weighted by Crippen LogP contribution is 2.27. The fourth-order valence-electron chi connectivity index (χ4n) is 2.47. The van der Waals surface area contributed by atoms with Crippen molar-refractivity contribution in [3.63, 3.8) is 0 Å². The molecule has 0 saturated heterocycles. The summed E-state index contributed by atoms with van der Waals surface area (Å²) in [7, 11) is 1.85. The smallest absolute Gasteiger partial charge is 0.173 e. The van der Waals surface area contributed by atoms with Gasteiger partial charge in [0.1, 0.15) is 5.82 Å². The van der Waals surface area contributed by atoms with Gasteiger partial charge in [-0.1, -0.05) is 5.16 Å². The van der Waals surface area contributed by atoms with Gasteiger partial charge >= 0.3 is 0 Å². The van der Waals surface area contributed by atoms with Crippen LogP contribution in [0.25, 0.3) is 0 Å². The van der Waals surface area contributed by atoms with Crippen molar-refractivity contribution in [3.8, 4) is 0 Å². The third-order valence-electron chi connectivity index (χ3n) is 3.92. The zero-order valence-corrected chi connectivity index (χ0v) is 12.0. The maximum atomic E-state index is 9.31. The SMILES string of the molecule is CC(CO)N(C)c1nc2c(cc1C(N)=NO)CCCC2. The molecule has 0 saturated carbocycles. The summed E-state index contributed by atoms with van der Waals surface area (Å²) in [6.45, 7) is 1.92. The fraction of sp³-hybridized carbons (Fsp3) is 0.571. The van der Waals surface area contributed by atoms with Gasteiger partial charge in [0.25, 0.3) is 0 Å². The van der Waals surface area contributed by atoms with Crippen LogP contribution in [0.2, 0.25) is 0 Å². The number of pyridine rings is 1. The lowest BCUT2D eigenvalue weighted by Crippen LogP contribution is -2.35. The summed E-state index contributed by atoms with van der Waals surface area (Å²) in [4.78, 5) is 6.56. The molecular formula is C14H22N4O2. The number of nitrogens with zero attached hydrogens (tertiary/aromatic N) is 3. The molecule has 0 bridgehead atoms. The van der Waals surface area contributed by atoms with E-state index in [1.165, 1.54) is 5.56 Å². The van der Waals surface area contributed by atoms with Crippen LogP contribution in [0.3, 0.4) is 0 Å². The predicted molar refractivity (Wildman–Crippen MR) is 78.3 cm³/mol. The van der Waals surface area contributed by atoms with E-state index in [1.807, 2.05) is 24.9 Å². The van der Waals surface area contributed by atoms with Crippen LogP contribution < -0.4 is 10.6 Å². The largest absolute Gasteiger partial charge is 0.409 e. The van der Waals surface area contributed by atoms with E-state index in [4.69, 9.17) is 15.9 Å². The Kier molecular flexibility index (Phi) is 4.44. The fourth-order valence-corrected chi connectivity index (χ4v) is 2.47. The number of anilines is 1. The lowest BCUT2D eigenvalue weighted by molar-refractivity contribution is 0.269. The number of fused-ring (bicyclic) bond motifs is 1. The number of hydrogen-bond donors (Lipinski definition) is 3. The van der Waals surface area contributed by atoms with Crippen LogP contribution in [0.4, 0.5) is 5.82 Å². The van der Waals surface area contributed by atoms with Crippen LogP contribution in [0.1, 0.15) is 36.6 Å². The topological polar surface area (TPSA) is 95.0 Å². The van der Waals surface area contributed by atoms with Crippen molar-refractivity contribution < 1.29 is 10.3 Å². The average Bonchev–Trinajstić information content (AvgIpc) is 2.51. The monoisotopic (exact) mass is 278 g/mol. The van der Waals surface area contributed by atoms with Gasteiger partial charge < -0.3 is 20.9 Å². The van der Waals surface area contributed by atoms with Gasteiger partial charge in [0.2, 0.25) is 0 Å². The Labute approximate surface area is 118 Å². The maximum Gasteiger partial charge on any atom is 0.173 e. The highest BCUT2D eigenvalue weighted by Gasteiger charge is 2.21. The molecule has 1 aromatic heterocycles. The Morgan fingerprint density at radius 2 is 2.20 bits per heavy atom. The molecule has 0 amide bonds. The van der Waals surface area contributed by atoms with Gasteiger partial charge in [0.15, 0.2) is 5.84 Å². The van der Waals surface area contributed by atoms with Crippen LogP contribution >= 0.6 is 0 Å². The number of aryl methyl sites for hydroxylation is 2. The number of oxime groups is 1. The molecule has 1 atom stereocenters. The molecule has 6 heteroatoms. The highest BCUT2D eigenvalue weighted by molar-refractivity contribution is 6.01. The molecule has 0 spiro atoms.